The summed E-state index contributed by atoms with van der Waals surface area (Å²) in [5, 5.41) is 11.8. The standard InChI is InChI=1S/C52H32N4OS/c1-3-13-32(14-4-1)47-39-29-30-40-45-35(19-12-24-44(45)58-49(40)46(39)38-18-7-9-22-42(38)53-47)31-25-27-34(28-26-31)51-54-50(33-15-5-2-6-16-33)55-52(56-51)41-21-11-20-37-36-17-8-10-23-43(36)57-48(37)41/h1-30,51H,(H,54,55,56). The van der Waals surface area contributed by atoms with E-state index in [1.54, 1.807) is 0 Å². The van der Waals surface area contributed by atoms with Crippen molar-refractivity contribution in [3.63, 3.8) is 0 Å². The van der Waals surface area contributed by atoms with Gasteiger partial charge in [-0.1, -0.05) is 158 Å². The summed E-state index contributed by atoms with van der Waals surface area (Å²) in [6.45, 7) is 0. The van der Waals surface area contributed by atoms with Crippen LogP contribution in [0.2, 0.25) is 0 Å². The highest BCUT2D eigenvalue weighted by atomic mass is 32.1. The van der Waals surface area contributed by atoms with Crippen molar-refractivity contribution < 1.29 is 4.42 Å². The van der Waals surface area contributed by atoms with Gasteiger partial charge in [0.2, 0.25) is 0 Å². The summed E-state index contributed by atoms with van der Waals surface area (Å²) in [4.78, 5) is 15.6. The van der Waals surface area contributed by atoms with Crippen molar-refractivity contribution >= 4 is 86.8 Å². The SMILES string of the molecule is c1ccc(C2=NC(c3ccc(-c4cccc5sc6c(ccc7c(-c8ccccc8)nc8ccccc8c76)c45)cc3)N=C(c3cccc4c3oc3ccccc34)N2)cc1. The summed E-state index contributed by atoms with van der Waals surface area (Å²) in [7, 11) is 0. The number of rotatable bonds is 5. The molecule has 0 fully saturated rings. The highest BCUT2D eigenvalue weighted by molar-refractivity contribution is 7.27. The fourth-order valence-electron chi connectivity index (χ4n) is 8.62. The number of furan rings is 1. The van der Waals surface area contributed by atoms with E-state index in [0.717, 1.165) is 72.6 Å². The summed E-state index contributed by atoms with van der Waals surface area (Å²) in [5.41, 5.74) is 10.1. The third kappa shape index (κ3) is 5.19. The van der Waals surface area contributed by atoms with Gasteiger partial charge in [0.05, 0.1) is 16.8 Å². The van der Waals surface area contributed by atoms with Crippen molar-refractivity contribution in [2.45, 2.75) is 6.17 Å². The molecule has 1 aliphatic heterocycles. The van der Waals surface area contributed by atoms with E-state index in [4.69, 9.17) is 19.4 Å². The highest BCUT2D eigenvalue weighted by Gasteiger charge is 2.24. The number of para-hydroxylation sites is 3. The smallest absolute Gasteiger partial charge is 0.169 e. The molecule has 0 aliphatic carbocycles. The van der Waals surface area contributed by atoms with E-state index in [0.29, 0.717) is 0 Å². The van der Waals surface area contributed by atoms with Crippen LogP contribution in [0, 0.1) is 0 Å². The molecule has 6 heteroatoms. The van der Waals surface area contributed by atoms with Crippen molar-refractivity contribution in [1.29, 1.82) is 0 Å². The first-order valence-electron chi connectivity index (χ1n) is 19.5. The molecule has 4 heterocycles. The van der Waals surface area contributed by atoms with Gasteiger partial charge in [-0.05, 0) is 41.0 Å². The van der Waals surface area contributed by atoms with Crippen LogP contribution in [0.25, 0.3) is 86.2 Å². The van der Waals surface area contributed by atoms with Gasteiger partial charge in [0, 0.05) is 58.2 Å². The minimum atomic E-state index is -0.454. The first-order valence-corrected chi connectivity index (χ1v) is 20.3. The molecule has 12 rings (SSSR count). The largest absolute Gasteiger partial charge is 0.455 e. The Morgan fingerprint density at radius 1 is 0.466 bits per heavy atom. The zero-order valence-electron chi connectivity index (χ0n) is 31.1. The lowest BCUT2D eigenvalue weighted by Gasteiger charge is -2.22. The van der Waals surface area contributed by atoms with E-state index in [9.17, 15) is 0 Å². The van der Waals surface area contributed by atoms with E-state index in [-0.39, 0.29) is 0 Å². The van der Waals surface area contributed by atoms with Crippen molar-refractivity contribution in [1.82, 2.24) is 10.3 Å². The molecule has 0 saturated carbocycles. The summed E-state index contributed by atoms with van der Waals surface area (Å²) in [6, 6.07) is 63.7. The van der Waals surface area contributed by atoms with Crippen molar-refractivity contribution in [2.24, 2.45) is 9.98 Å². The number of hydrogen-bond acceptors (Lipinski definition) is 6. The zero-order chi connectivity index (χ0) is 38.2. The number of amidine groups is 2. The van der Waals surface area contributed by atoms with Gasteiger partial charge in [0.1, 0.15) is 22.8 Å². The quantitative estimate of drug-likeness (QED) is 0.178. The van der Waals surface area contributed by atoms with Crippen LogP contribution in [0.5, 0.6) is 0 Å². The van der Waals surface area contributed by atoms with Gasteiger partial charge in [0.15, 0.2) is 6.17 Å². The molecule has 3 aromatic heterocycles. The number of thiophene rings is 1. The summed E-state index contributed by atoms with van der Waals surface area (Å²) >= 11 is 1.86. The van der Waals surface area contributed by atoms with Crippen molar-refractivity contribution in [2.75, 3.05) is 0 Å². The molecule has 0 radical (unpaired) electrons. The number of benzene rings is 8. The van der Waals surface area contributed by atoms with Crippen LogP contribution in [0.1, 0.15) is 22.9 Å². The molecular formula is C52H32N4OS. The van der Waals surface area contributed by atoms with Crippen LogP contribution in [0.4, 0.5) is 0 Å². The van der Waals surface area contributed by atoms with E-state index < -0.39 is 6.17 Å². The number of nitrogens with zero attached hydrogens (tertiary/aromatic N) is 3. The summed E-state index contributed by atoms with van der Waals surface area (Å²) in [5.74, 6) is 1.50. The Hall–Kier alpha value is -7.41. The van der Waals surface area contributed by atoms with Gasteiger partial charge in [0.25, 0.3) is 0 Å². The van der Waals surface area contributed by atoms with Gasteiger partial charge in [-0.3, -0.25) is 0 Å². The zero-order valence-corrected chi connectivity index (χ0v) is 31.9. The van der Waals surface area contributed by atoms with Crippen LogP contribution in [0.3, 0.4) is 0 Å². The molecular weight excluding hydrogens is 729 g/mol. The first kappa shape index (κ1) is 32.8. The molecule has 5 nitrogen and oxygen atoms in total. The number of aromatic nitrogens is 1. The average molecular weight is 761 g/mol. The Bertz CT molecular complexity index is 3470. The molecule has 0 spiro atoms. The molecule has 1 N–H and O–H groups in total. The third-order valence-corrected chi connectivity index (χ3v) is 12.5. The fraction of sp³-hybridized carbons (Fsp3) is 0.0192. The molecule has 1 unspecified atom stereocenters. The predicted octanol–water partition coefficient (Wildman–Crippen LogP) is 13.5. The molecule has 272 valence electrons. The first-order chi connectivity index (χ1) is 28.7. The van der Waals surface area contributed by atoms with Gasteiger partial charge in [-0.25, -0.2) is 15.0 Å². The van der Waals surface area contributed by atoms with Crippen LogP contribution in [-0.2, 0) is 0 Å². The Morgan fingerprint density at radius 2 is 1.14 bits per heavy atom. The van der Waals surface area contributed by atoms with Gasteiger partial charge >= 0.3 is 0 Å². The number of hydrogen-bond donors (Lipinski definition) is 1. The van der Waals surface area contributed by atoms with Gasteiger partial charge in [-0.15, -0.1) is 11.3 Å². The monoisotopic (exact) mass is 760 g/mol. The van der Waals surface area contributed by atoms with Crippen molar-refractivity contribution in [3.05, 3.63) is 199 Å². The lowest BCUT2D eigenvalue weighted by molar-refractivity contribution is 0.667. The minimum Gasteiger partial charge on any atom is -0.455 e. The lowest BCUT2D eigenvalue weighted by Crippen LogP contribution is -2.36. The van der Waals surface area contributed by atoms with E-state index in [2.05, 4.69) is 151 Å². The molecule has 8 aromatic carbocycles. The number of aliphatic imine (C=N–C) groups is 2. The predicted molar refractivity (Wildman–Crippen MR) is 242 cm³/mol. The molecule has 58 heavy (non-hydrogen) atoms. The summed E-state index contributed by atoms with van der Waals surface area (Å²) < 4.78 is 8.99. The maximum Gasteiger partial charge on any atom is 0.169 e. The Balaban J connectivity index is 0.988. The van der Waals surface area contributed by atoms with Crippen LogP contribution >= 0.6 is 11.3 Å². The second-order valence-electron chi connectivity index (χ2n) is 14.7. The molecule has 0 bridgehead atoms. The summed E-state index contributed by atoms with van der Waals surface area (Å²) in [6.07, 6.45) is -0.454. The topological polar surface area (TPSA) is 62.8 Å². The normalized spacial score (nSPS) is 14.4. The second kappa shape index (κ2) is 13.1. The Labute approximate surface area is 337 Å². The fourth-order valence-corrected chi connectivity index (χ4v) is 9.91. The molecule has 1 atom stereocenters. The van der Waals surface area contributed by atoms with Crippen LogP contribution < -0.4 is 5.32 Å². The Kier molecular flexibility index (Phi) is 7.40. The van der Waals surface area contributed by atoms with E-state index >= 15 is 0 Å². The van der Waals surface area contributed by atoms with Crippen LogP contribution in [0.15, 0.2) is 196 Å². The lowest BCUT2D eigenvalue weighted by atomic mass is 9.95. The molecule has 11 aromatic rings. The second-order valence-corrected chi connectivity index (χ2v) is 15.8. The maximum atomic E-state index is 6.45. The van der Waals surface area contributed by atoms with Gasteiger partial charge in [-0.2, -0.15) is 0 Å². The van der Waals surface area contributed by atoms with Gasteiger partial charge < -0.3 is 9.73 Å². The van der Waals surface area contributed by atoms with Crippen molar-refractivity contribution in [3.8, 4) is 22.4 Å². The van der Waals surface area contributed by atoms with E-state index in [1.807, 2.05) is 47.7 Å². The third-order valence-electron chi connectivity index (χ3n) is 11.3. The van der Waals surface area contributed by atoms with E-state index in [1.165, 1.54) is 41.9 Å². The highest BCUT2D eigenvalue weighted by Crippen LogP contribution is 2.46. The number of pyridine rings is 1. The van der Waals surface area contributed by atoms with Crippen LogP contribution in [-0.4, -0.2) is 16.7 Å². The maximum absolute atomic E-state index is 6.45. The Morgan fingerprint density at radius 3 is 1.98 bits per heavy atom. The number of nitrogens with one attached hydrogen (secondary N) is 1. The minimum absolute atomic E-state index is 0.454. The molecule has 0 amide bonds. The molecule has 0 saturated heterocycles. The number of fused-ring (bicyclic) bond motifs is 10. The average Bonchev–Trinajstić information content (AvgIpc) is 3.88. The molecule has 1 aliphatic rings.